The van der Waals surface area contributed by atoms with Crippen LogP contribution in [0.2, 0.25) is 0 Å². The van der Waals surface area contributed by atoms with E-state index in [0.717, 1.165) is 57.9 Å². The third-order valence-electron chi connectivity index (χ3n) is 5.51. The molecule has 2 fully saturated rings. The van der Waals surface area contributed by atoms with Crippen LogP contribution >= 0.6 is 24.0 Å². The monoisotopic (exact) mass is 499 g/mol. The van der Waals surface area contributed by atoms with Crippen LogP contribution < -0.4 is 15.5 Å². The van der Waals surface area contributed by atoms with E-state index in [4.69, 9.17) is 0 Å². The molecule has 0 aromatic heterocycles. The molecule has 1 amide bonds. The van der Waals surface area contributed by atoms with Crippen molar-refractivity contribution in [2.45, 2.75) is 45.6 Å². The van der Waals surface area contributed by atoms with Crippen LogP contribution in [0.4, 0.5) is 5.69 Å². The van der Waals surface area contributed by atoms with Crippen molar-refractivity contribution in [2.75, 3.05) is 44.7 Å². The minimum atomic E-state index is 0. The second-order valence-corrected chi connectivity index (χ2v) is 7.61. The van der Waals surface area contributed by atoms with Crippen molar-refractivity contribution in [2.24, 2.45) is 4.99 Å². The van der Waals surface area contributed by atoms with E-state index in [1.54, 1.807) is 0 Å². The van der Waals surface area contributed by atoms with Crippen molar-refractivity contribution >= 4 is 41.5 Å². The van der Waals surface area contributed by atoms with E-state index in [1.165, 1.54) is 16.8 Å². The molecule has 6 nitrogen and oxygen atoms in total. The number of hydrogen-bond acceptors (Lipinski definition) is 3. The van der Waals surface area contributed by atoms with E-state index in [2.05, 4.69) is 57.5 Å². The van der Waals surface area contributed by atoms with Crippen LogP contribution in [0.3, 0.4) is 0 Å². The topological polar surface area (TPSA) is 60.0 Å². The van der Waals surface area contributed by atoms with Gasteiger partial charge in [0.2, 0.25) is 5.91 Å². The summed E-state index contributed by atoms with van der Waals surface area (Å²) in [5, 5.41) is 6.45. The van der Waals surface area contributed by atoms with Crippen LogP contribution in [0, 0.1) is 13.8 Å². The Bertz CT molecular complexity index is 681. The predicted octanol–water partition coefficient (Wildman–Crippen LogP) is 2.68. The first kappa shape index (κ1) is 22.8. The molecule has 0 radical (unpaired) electrons. The number of aryl methyl sites for hydroxylation is 1. The fourth-order valence-corrected chi connectivity index (χ4v) is 3.55. The van der Waals surface area contributed by atoms with Gasteiger partial charge in [-0.15, -0.1) is 24.0 Å². The molecule has 1 aliphatic carbocycles. The average Bonchev–Trinajstić information content (AvgIpc) is 3.48. The number of nitrogens with one attached hydrogen (secondary N) is 2. The van der Waals surface area contributed by atoms with Crippen LogP contribution in [0.25, 0.3) is 0 Å². The van der Waals surface area contributed by atoms with E-state index < -0.39 is 0 Å². The molecule has 7 heteroatoms. The highest BCUT2D eigenvalue weighted by Gasteiger charge is 2.23. The minimum absolute atomic E-state index is 0. The molecule has 0 bridgehead atoms. The van der Waals surface area contributed by atoms with Crippen molar-refractivity contribution in [1.29, 1.82) is 0 Å². The summed E-state index contributed by atoms with van der Waals surface area (Å²) in [6.45, 7) is 9.05. The molecular weight excluding hydrogens is 465 g/mol. The standard InChI is InChI=1S/C21H33N5O.HI/c1-16-6-4-7-19(17(16)2)25-12-14-26(15-13-25)21(22-3)23-11-5-8-20(27)24-18-9-10-18;/h4,6-7,18H,5,8-15H2,1-3H3,(H,22,23)(H,24,27);1H. The Morgan fingerprint density at radius 1 is 1.18 bits per heavy atom. The third-order valence-corrected chi connectivity index (χ3v) is 5.51. The summed E-state index contributed by atoms with van der Waals surface area (Å²) in [5.41, 5.74) is 4.07. The molecule has 1 aromatic rings. The number of hydrogen-bond donors (Lipinski definition) is 2. The summed E-state index contributed by atoms with van der Waals surface area (Å²) in [6.07, 6.45) is 3.70. The third kappa shape index (κ3) is 6.25. The number of anilines is 1. The van der Waals surface area contributed by atoms with Crippen LogP contribution in [0.15, 0.2) is 23.2 Å². The van der Waals surface area contributed by atoms with Gasteiger partial charge < -0.3 is 20.4 Å². The number of halogens is 1. The molecule has 1 aromatic carbocycles. The quantitative estimate of drug-likeness (QED) is 0.274. The molecule has 2 N–H and O–H groups in total. The lowest BCUT2D eigenvalue weighted by atomic mass is 10.1. The van der Waals surface area contributed by atoms with Crippen molar-refractivity contribution < 1.29 is 4.79 Å². The van der Waals surface area contributed by atoms with Crippen LogP contribution in [0.5, 0.6) is 0 Å². The highest BCUT2D eigenvalue weighted by molar-refractivity contribution is 14.0. The van der Waals surface area contributed by atoms with Gasteiger partial charge in [-0.3, -0.25) is 9.79 Å². The van der Waals surface area contributed by atoms with E-state index >= 15 is 0 Å². The molecule has 28 heavy (non-hydrogen) atoms. The van der Waals surface area contributed by atoms with Crippen LogP contribution in [0.1, 0.15) is 36.8 Å². The molecule has 0 unspecified atom stereocenters. The molecule has 1 aliphatic heterocycles. The lowest BCUT2D eigenvalue weighted by Gasteiger charge is -2.38. The highest BCUT2D eigenvalue weighted by Crippen LogP contribution is 2.23. The van der Waals surface area contributed by atoms with Crippen molar-refractivity contribution in [1.82, 2.24) is 15.5 Å². The van der Waals surface area contributed by atoms with Gasteiger partial charge >= 0.3 is 0 Å². The SMILES string of the molecule is CN=C(NCCCC(=O)NC1CC1)N1CCN(c2cccc(C)c2C)CC1.I. The van der Waals surface area contributed by atoms with Crippen molar-refractivity contribution in [3.8, 4) is 0 Å². The first-order valence-electron chi connectivity index (χ1n) is 10.1. The number of carbonyl (C=O) groups excluding carboxylic acids is 1. The number of benzene rings is 1. The summed E-state index contributed by atoms with van der Waals surface area (Å²) in [4.78, 5) is 21.0. The Labute approximate surface area is 186 Å². The summed E-state index contributed by atoms with van der Waals surface area (Å²) in [7, 11) is 1.83. The summed E-state index contributed by atoms with van der Waals surface area (Å²) in [6, 6.07) is 6.99. The predicted molar refractivity (Wildman–Crippen MR) is 127 cm³/mol. The van der Waals surface area contributed by atoms with Gasteiger partial charge in [0.15, 0.2) is 5.96 Å². The molecule has 0 spiro atoms. The van der Waals surface area contributed by atoms with Crippen molar-refractivity contribution in [3.63, 3.8) is 0 Å². The van der Waals surface area contributed by atoms with Gasteiger partial charge in [-0.25, -0.2) is 0 Å². The number of nitrogens with zero attached hydrogens (tertiary/aromatic N) is 3. The molecule has 156 valence electrons. The van der Waals surface area contributed by atoms with E-state index in [-0.39, 0.29) is 29.9 Å². The number of aliphatic imine (C=N–C) groups is 1. The molecule has 1 heterocycles. The molecule has 1 saturated heterocycles. The van der Waals surface area contributed by atoms with Gasteiger partial charge in [0, 0.05) is 57.9 Å². The smallest absolute Gasteiger partial charge is 0.220 e. The number of piperazine rings is 1. The van der Waals surface area contributed by atoms with Crippen LogP contribution in [-0.2, 0) is 4.79 Å². The summed E-state index contributed by atoms with van der Waals surface area (Å²) < 4.78 is 0. The van der Waals surface area contributed by atoms with Gasteiger partial charge in [0.1, 0.15) is 0 Å². The molecule has 1 saturated carbocycles. The van der Waals surface area contributed by atoms with Gasteiger partial charge in [-0.1, -0.05) is 12.1 Å². The second kappa shape index (κ2) is 10.9. The lowest BCUT2D eigenvalue weighted by Crippen LogP contribution is -2.52. The fraction of sp³-hybridized carbons (Fsp3) is 0.619. The fourth-order valence-electron chi connectivity index (χ4n) is 3.55. The number of rotatable bonds is 6. The summed E-state index contributed by atoms with van der Waals surface area (Å²) in [5.74, 6) is 1.12. The largest absolute Gasteiger partial charge is 0.368 e. The number of carbonyl (C=O) groups is 1. The maximum absolute atomic E-state index is 11.7. The zero-order valence-electron chi connectivity index (χ0n) is 17.3. The number of guanidine groups is 1. The van der Waals surface area contributed by atoms with Gasteiger partial charge in [-0.2, -0.15) is 0 Å². The Morgan fingerprint density at radius 3 is 2.54 bits per heavy atom. The van der Waals surface area contributed by atoms with Crippen molar-refractivity contribution in [3.05, 3.63) is 29.3 Å². The maximum atomic E-state index is 11.7. The summed E-state index contributed by atoms with van der Waals surface area (Å²) >= 11 is 0. The lowest BCUT2D eigenvalue weighted by molar-refractivity contribution is -0.121. The van der Waals surface area contributed by atoms with Crippen LogP contribution in [-0.4, -0.2) is 62.6 Å². The molecule has 3 rings (SSSR count). The van der Waals surface area contributed by atoms with Gasteiger partial charge in [0.25, 0.3) is 0 Å². The minimum Gasteiger partial charge on any atom is -0.368 e. The highest BCUT2D eigenvalue weighted by atomic mass is 127. The maximum Gasteiger partial charge on any atom is 0.220 e. The molecule has 2 aliphatic rings. The normalized spacial score (nSPS) is 17.2. The zero-order valence-corrected chi connectivity index (χ0v) is 19.7. The van der Waals surface area contributed by atoms with Gasteiger partial charge in [-0.05, 0) is 50.3 Å². The van der Waals surface area contributed by atoms with E-state index in [9.17, 15) is 4.79 Å². The Kier molecular flexibility index (Phi) is 8.85. The first-order chi connectivity index (χ1) is 13.1. The molecular formula is C21H34IN5O. The Morgan fingerprint density at radius 2 is 1.89 bits per heavy atom. The Hall–Kier alpha value is -1.51. The Balaban J connectivity index is 0.00000280. The average molecular weight is 499 g/mol. The van der Waals surface area contributed by atoms with E-state index in [0.29, 0.717) is 12.5 Å². The number of amides is 1. The van der Waals surface area contributed by atoms with Gasteiger partial charge in [0.05, 0.1) is 0 Å². The van der Waals surface area contributed by atoms with E-state index in [1.807, 2.05) is 7.05 Å². The second-order valence-electron chi connectivity index (χ2n) is 7.61. The first-order valence-corrected chi connectivity index (χ1v) is 10.1. The molecule has 0 atom stereocenters. The zero-order chi connectivity index (χ0) is 19.2.